The summed E-state index contributed by atoms with van der Waals surface area (Å²) in [5.41, 5.74) is 0.907. The number of hydrogen-bond acceptors (Lipinski definition) is 4. The van der Waals surface area contributed by atoms with Gasteiger partial charge in [-0.2, -0.15) is 0 Å². The summed E-state index contributed by atoms with van der Waals surface area (Å²) in [5.74, 6) is -0.920. The Balaban J connectivity index is 2.01. The van der Waals surface area contributed by atoms with Gasteiger partial charge in [0, 0.05) is 13.5 Å². The number of hydrogen-bond donors (Lipinski definition) is 1. The topological polar surface area (TPSA) is 75.7 Å². The molecule has 0 saturated carbocycles. The second-order valence-electron chi connectivity index (χ2n) is 6.71. The van der Waals surface area contributed by atoms with E-state index in [-0.39, 0.29) is 30.3 Å². The molecular formula is C19H26N2O4. The van der Waals surface area contributed by atoms with Gasteiger partial charge in [0.15, 0.2) is 0 Å². The molecule has 1 heterocycles. The first-order valence-corrected chi connectivity index (χ1v) is 8.68. The third kappa shape index (κ3) is 5.05. The molecule has 6 nitrogen and oxygen atoms in total. The van der Waals surface area contributed by atoms with Gasteiger partial charge >= 0.3 is 5.97 Å². The fraction of sp³-hybridized carbons (Fsp3) is 0.526. The quantitative estimate of drug-likeness (QED) is 0.798. The van der Waals surface area contributed by atoms with E-state index in [2.05, 4.69) is 5.32 Å². The SMILES string of the molecule is CC(=O)N[C@@H](C(=O)N1CCC[C@@H]1C(=O)OCc1ccccc1)C(C)C. The second kappa shape index (κ2) is 8.65. The fourth-order valence-corrected chi connectivity index (χ4v) is 3.01. The van der Waals surface area contributed by atoms with Crippen molar-refractivity contribution in [2.24, 2.45) is 5.92 Å². The van der Waals surface area contributed by atoms with E-state index < -0.39 is 12.1 Å². The average molecular weight is 346 g/mol. The van der Waals surface area contributed by atoms with Crippen LogP contribution in [0.3, 0.4) is 0 Å². The summed E-state index contributed by atoms with van der Waals surface area (Å²) < 4.78 is 5.39. The predicted octanol–water partition coefficient (Wildman–Crippen LogP) is 1.88. The lowest BCUT2D eigenvalue weighted by Crippen LogP contribution is -2.53. The smallest absolute Gasteiger partial charge is 0.329 e. The summed E-state index contributed by atoms with van der Waals surface area (Å²) in [6, 6.07) is 8.24. The maximum absolute atomic E-state index is 12.8. The number of nitrogens with one attached hydrogen (secondary N) is 1. The van der Waals surface area contributed by atoms with Gasteiger partial charge in [-0.25, -0.2) is 4.79 Å². The Labute approximate surface area is 148 Å². The second-order valence-corrected chi connectivity index (χ2v) is 6.71. The highest BCUT2D eigenvalue weighted by Gasteiger charge is 2.39. The molecule has 6 heteroatoms. The van der Waals surface area contributed by atoms with E-state index in [1.54, 1.807) is 4.90 Å². The number of amides is 2. The van der Waals surface area contributed by atoms with Crippen LogP contribution in [0.4, 0.5) is 0 Å². The van der Waals surface area contributed by atoms with Gasteiger partial charge in [0.05, 0.1) is 0 Å². The van der Waals surface area contributed by atoms with Crippen LogP contribution >= 0.6 is 0 Å². The van der Waals surface area contributed by atoms with Crippen molar-refractivity contribution in [1.82, 2.24) is 10.2 Å². The van der Waals surface area contributed by atoms with E-state index in [1.165, 1.54) is 6.92 Å². The molecule has 1 fully saturated rings. The van der Waals surface area contributed by atoms with Gasteiger partial charge in [-0.1, -0.05) is 44.2 Å². The number of ether oxygens (including phenoxy) is 1. The number of nitrogens with zero attached hydrogens (tertiary/aromatic N) is 1. The Kier molecular flexibility index (Phi) is 6.56. The Morgan fingerprint density at radius 3 is 2.52 bits per heavy atom. The molecule has 2 rings (SSSR count). The van der Waals surface area contributed by atoms with Crippen molar-refractivity contribution in [2.45, 2.75) is 52.3 Å². The van der Waals surface area contributed by atoms with Crippen LogP contribution in [0.2, 0.25) is 0 Å². The van der Waals surface area contributed by atoms with Crippen molar-refractivity contribution in [2.75, 3.05) is 6.54 Å². The van der Waals surface area contributed by atoms with Crippen LogP contribution in [-0.2, 0) is 25.7 Å². The first-order chi connectivity index (χ1) is 11.9. The Hall–Kier alpha value is -2.37. The minimum atomic E-state index is -0.625. The number of carbonyl (C=O) groups is 3. The van der Waals surface area contributed by atoms with Gasteiger partial charge in [-0.15, -0.1) is 0 Å². The standard InChI is InChI=1S/C19H26N2O4/c1-13(2)17(20-14(3)22)18(23)21-11-7-10-16(21)19(24)25-12-15-8-5-4-6-9-15/h4-6,8-9,13,16-17H,7,10-12H2,1-3H3,(H,20,22)/t16-,17-/m1/s1. The van der Waals surface area contributed by atoms with E-state index in [9.17, 15) is 14.4 Å². The van der Waals surface area contributed by atoms with Gasteiger partial charge in [0.1, 0.15) is 18.7 Å². The maximum Gasteiger partial charge on any atom is 0.329 e. The lowest BCUT2D eigenvalue weighted by molar-refractivity contribution is -0.155. The summed E-state index contributed by atoms with van der Waals surface area (Å²) in [5, 5.41) is 2.69. The molecule has 1 saturated heterocycles. The van der Waals surface area contributed by atoms with Crippen molar-refractivity contribution in [3.05, 3.63) is 35.9 Å². The molecule has 2 atom stereocenters. The lowest BCUT2D eigenvalue weighted by atomic mass is 10.0. The first-order valence-electron chi connectivity index (χ1n) is 8.68. The molecule has 136 valence electrons. The minimum absolute atomic E-state index is 0.0574. The lowest BCUT2D eigenvalue weighted by Gasteiger charge is -2.29. The van der Waals surface area contributed by atoms with E-state index in [4.69, 9.17) is 4.74 Å². The summed E-state index contributed by atoms with van der Waals surface area (Å²) in [4.78, 5) is 38.2. The number of carbonyl (C=O) groups excluding carboxylic acids is 3. The third-order valence-corrected chi connectivity index (χ3v) is 4.32. The van der Waals surface area contributed by atoms with Gasteiger partial charge in [0.2, 0.25) is 11.8 Å². The zero-order chi connectivity index (χ0) is 18.4. The van der Waals surface area contributed by atoms with Gasteiger partial charge in [-0.3, -0.25) is 9.59 Å². The molecule has 1 N–H and O–H groups in total. The van der Waals surface area contributed by atoms with Gasteiger partial charge in [0.25, 0.3) is 0 Å². The molecule has 0 unspecified atom stereocenters. The van der Waals surface area contributed by atoms with E-state index in [0.29, 0.717) is 13.0 Å². The predicted molar refractivity (Wildman–Crippen MR) is 93.4 cm³/mol. The Bertz CT molecular complexity index is 615. The highest BCUT2D eigenvalue weighted by atomic mass is 16.5. The zero-order valence-electron chi connectivity index (χ0n) is 15.0. The number of likely N-dealkylation sites (tertiary alicyclic amines) is 1. The molecule has 0 aliphatic carbocycles. The van der Waals surface area contributed by atoms with E-state index in [1.807, 2.05) is 44.2 Å². The molecule has 1 aliphatic rings. The van der Waals surface area contributed by atoms with Crippen LogP contribution in [-0.4, -0.2) is 41.3 Å². The maximum atomic E-state index is 12.8. The number of rotatable bonds is 6. The summed E-state index contributed by atoms with van der Waals surface area (Å²) >= 11 is 0. The molecule has 0 radical (unpaired) electrons. The van der Waals surface area contributed by atoms with E-state index in [0.717, 1.165) is 12.0 Å². The van der Waals surface area contributed by atoms with Crippen molar-refractivity contribution >= 4 is 17.8 Å². The molecule has 1 aliphatic heterocycles. The average Bonchev–Trinajstić information content (AvgIpc) is 3.07. The Morgan fingerprint density at radius 1 is 1.24 bits per heavy atom. The van der Waals surface area contributed by atoms with Crippen molar-refractivity contribution in [3.63, 3.8) is 0 Å². The normalized spacial score (nSPS) is 18.1. The summed E-state index contributed by atoms with van der Waals surface area (Å²) in [6.45, 7) is 5.83. The highest BCUT2D eigenvalue weighted by molar-refractivity contribution is 5.91. The van der Waals surface area contributed by atoms with Crippen LogP contribution in [0.25, 0.3) is 0 Å². The van der Waals surface area contributed by atoms with Crippen LogP contribution in [0, 0.1) is 5.92 Å². The van der Waals surface area contributed by atoms with Crippen LogP contribution in [0.1, 0.15) is 39.2 Å². The molecule has 1 aromatic carbocycles. The zero-order valence-corrected chi connectivity index (χ0v) is 15.0. The van der Waals surface area contributed by atoms with Crippen LogP contribution < -0.4 is 5.32 Å². The van der Waals surface area contributed by atoms with Gasteiger partial charge < -0.3 is 15.0 Å². The third-order valence-electron chi connectivity index (χ3n) is 4.32. The van der Waals surface area contributed by atoms with Gasteiger partial charge in [-0.05, 0) is 24.3 Å². The van der Waals surface area contributed by atoms with E-state index >= 15 is 0 Å². The monoisotopic (exact) mass is 346 g/mol. The summed E-state index contributed by atoms with van der Waals surface area (Å²) in [7, 11) is 0. The summed E-state index contributed by atoms with van der Waals surface area (Å²) in [6.07, 6.45) is 1.34. The largest absolute Gasteiger partial charge is 0.459 e. The molecular weight excluding hydrogens is 320 g/mol. The number of esters is 1. The first kappa shape index (κ1) is 19.0. The van der Waals surface area contributed by atoms with Crippen LogP contribution in [0.15, 0.2) is 30.3 Å². The molecule has 0 spiro atoms. The molecule has 0 bridgehead atoms. The molecule has 2 amide bonds. The van der Waals surface area contributed by atoms with Crippen molar-refractivity contribution < 1.29 is 19.1 Å². The number of benzene rings is 1. The minimum Gasteiger partial charge on any atom is -0.459 e. The molecule has 0 aromatic heterocycles. The molecule has 25 heavy (non-hydrogen) atoms. The van der Waals surface area contributed by atoms with Crippen LogP contribution in [0.5, 0.6) is 0 Å². The Morgan fingerprint density at radius 2 is 1.92 bits per heavy atom. The van der Waals surface area contributed by atoms with Crippen molar-refractivity contribution in [1.29, 1.82) is 0 Å². The van der Waals surface area contributed by atoms with Crippen molar-refractivity contribution in [3.8, 4) is 0 Å². The highest BCUT2D eigenvalue weighted by Crippen LogP contribution is 2.21. The fourth-order valence-electron chi connectivity index (χ4n) is 3.01. The molecule has 1 aromatic rings.